The minimum Gasteiger partial charge on any atom is -0.449 e. The van der Waals surface area contributed by atoms with E-state index in [1.165, 1.54) is 0 Å². The zero-order chi connectivity index (χ0) is 16.6. The van der Waals surface area contributed by atoms with Gasteiger partial charge in [-0.05, 0) is 36.4 Å². The third-order valence-corrected chi connectivity index (χ3v) is 5.46. The predicted octanol–water partition coefficient (Wildman–Crippen LogP) is 3.45. The number of nitrogens with zero attached hydrogens (tertiary/aromatic N) is 1. The number of carbonyl (C=O) groups is 2. The summed E-state index contributed by atoms with van der Waals surface area (Å²) in [5, 5.41) is 1.98. The molecular formula is C19H17NO3S. The van der Waals surface area contributed by atoms with Crippen LogP contribution in [0.3, 0.4) is 0 Å². The molecule has 0 saturated carbocycles. The van der Waals surface area contributed by atoms with Crippen molar-refractivity contribution in [1.29, 1.82) is 0 Å². The second-order valence-electron chi connectivity index (χ2n) is 6.14. The number of piperidine rings is 1. The number of hydrogen-bond acceptors (Lipinski definition) is 4. The van der Waals surface area contributed by atoms with Crippen LogP contribution < -0.4 is 0 Å². The molecule has 122 valence electrons. The first-order valence-corrected chi connectivity index (χ1v) is 8.89. The maximum atomic E-state index is 12.5. The highest BCUT2D eigenvalue weighted by Gasteiger charge is 2.48. The van der Waals surface area contributed by atoms with Crippen molar-refractivity contribution in [3.05, 3.63) is 63.9 Å². The van der Waals surface area contributed by atoms with Crippen LogP contribution >= 0.6 is 11.3 Å². The molecule has 1 fully saturated rings. The van der Waals surface area contributed by atoms with Crippen LogP contribution in [-0.2, 0) is 15.1 Å². The molecule has 24 heavy (non-hydrogen) atoms. The average molecular weight is 339 g/mol. The molecule has 0 bridgehead atoms. The lowest BCUT2D eigenvalue weighted by Crippen LogP contribution is -2.48. The van der Waals surface area contributed by atoms with Crippen LogP contribution in [-0.4, -0.2) is 29.9 Å². The van der Waals surface area contributed by atoms with Gasteiger partial charge in [-0.25, -0.2) is 4.79 Å². The van der Waals surface area contributed by atoms with E-state index in [-0.39, 0.29) is 11.9 Å². The maximum Gasteiger partial charge on any atom is 0.339 e. The van der Waals surface area contributed by atoms with E-state index in [4.69, 9.17) is 4.74 Å². The Morgan fingerprint density at radius 3 is 2.96 bits per heavy atom. The van der Waals surface area contributed by atoms with Gasteiger partial charge < -0.3 is 9.64 Å². The number of fused-ring (bicyclic) bond motifs is 2. The molecule has 0 N–H and O–H groups in total. The van der Waals surface area contributed by atoms with Crippen LogP contribution in [0.1, 0.15) is 33.6 Å². The summed E-state index contributed by atoms with van der Waals surface area (Å²) in [5.74, 6) is -0.322. The highest BCUT2D eigenvalue weighted by molar-refractivity contribution is 7.10. The topological polar surface area (TPSA) is 46.6 Å². The van der Waals surface area contributed by atoms with Crippen LogP contribution in [0.15, 0.2) is 47.9 Å². The molecule has 5 heteroatoms. The number of likely N-dealkylation sites (tertiary alicyclic amines) is 1. The lowest BCUT2D eigenvalue weighted by molar-refractivity contribution is -0.133. The van der Waals surface area contributed by atoms with Gasteiger partial charge in [0, 0.05) is 23.1 Å². The Kier molecular flexibility index (Phi) is 3.73. The molecule has 1 aromatic heterocycles. The Balaban J connectivity index is 1.56. The number of hydrogen-bond donors (Lipinski definition) is 0. The first kappa shape index (κ1) is 15.1. The summed E-state index contributed by atoms with van der Waals surface area (Å²) in [6, 6.07) is 11.4. The highest BCUT2D eigenvalue weighted by atomic mass is 32.1. The molecule has 2 aliphatic heterocycles. The third kappa shape index (κ3) is 2.55. The van der Waals surface area contributed by atoms with Gasteiger partial charge >= 0.3 is 5.97 Å². The fourth-order valence-electron chi connectivity index (χ4n) is 3.50. The van der Waals surface area contributed by atoms with E-state index in [0.717, 1.165) is 23.3 Å². The number of ether oxygens (including phenoxy) is 1. The molecule has 0 aliphatic carbocycles. The van der Waals surface area contributed by atoms with E-state index in [1.807, 2.05) is 41.8 Å². The molecule has 4 nitrogen and oxygen atoms in total. The van der Waals surface area contributed by atoms with Gasteiger partial charge in [-0.15, -0.1) is 11.3 Å². The molecular weight excluding hydrogens is 322 g/mol. The fourth-order valence-corrected chi connectivity index (χ4v) is 4.12. The number of thiophene rings is 1. The fraction of sp³-hybridized carbons (Fsp3) is 0.263. The lowest BCUT2D eigenvalue weighted by atomic mass is 9.85. The first-order chi connectivity index (χ1) is 11.7. The molecule has 1 unspecified atom stereocenters. The summed E-state index contributed by atoms with van der Waals surface area (Å²) in [7, 11) is 0. The summed E-state index contributed by atoms with van der Waals surface area (Å²) in [6.07, 6.45) is 5.02. The third-order valence-electron chi connectivity index (χ3n) is 4.63. The second kappa shape index (κ2) is 5.91. The molecule has 1 spiro atoms. The molecule has 1 atom stereocenters. The van der Waals surface area contributed by atoms with Crippen molar-refractivity contribution in [3.63, 3.8) is 0 Å². The number of carbonyl (C=O) groups excluding carboxylic acids is 2. The van der Waals surface area contributed by atoms with Crippen LogP contribution in [0.25, 0.3) is 6.08 Å². The van der Waals surface area contributed by atoms with Crippen LogP contribution in [0.2, 0.25) is 0 Å². The number of esters is 1. The SMILES string of the molecule is O=C1OC2(CCCN(C(=O)/C=C/c3cccs3)C2)c2ccccc21. The number of benzene rings is 1. The van der Waals surface area contributed by atoms with Crippen LogP contribution in [0, 0.1) is 0 Å². The zero-order valence-electron chi connectivity index (χ0n) is 13.1. The van der Waals surface area contributed by atoms with E-state index < -0.39 is 5.60 Å². The first-order valence-electron chi connectivity index (χ1n) is 8.01. The molecule has 2 aliphatic rings. The average Bonchev–Trinajstić information content (AvgIpc) is 3.21. The molecule has 1 amide bonds. The predicted molar refractivity (Wildman–Crippen MR) is 92.7 cm³/mol. The minimum absolute atomic E-state index is 0.0390. The lowest BCUT2D eigenvalue weighted by Gasteiger charge is -2.39. The van der Waals surface area contributed by atoms with Crippen molar-refractivity contribution >= 4 is 29.3 Å². The Morgan fingerprint density at radius 2 is 2.12 bits per heavy atom. The highest BCUT2D eigenvalue weighted by Crippen LogP contribution is 2.42. The van der Waals surface area contributed by atoms with Gasteiger partial charge in [0.25, 0.3) is 0 Å². The van der Waals surface area contributed by atoms with Gasteiger partial charge in [0.2, 0.25) is 5.91 Å². The van der Waals surface area contributed by atoms with E-state index in [2.05, 4.69) is 0 Å². The summed E-state index contributed by atoms with van der Waals surface area (Å²) in [6.45, 7) is 1.11. The van der Waals surface area contributed by atoms with Gasteiger partial charge in [0.15, 0.2) is 5.60 Å². The molecule has 4 rings (SSSR count). The monoisotopic (exact) mass is 339 g/mol. The molecule has 3 heterocycles. The summed E-state index contributed by atoms with van der Waals surface area (Å²) < 4.78 is 5.74. The van der Waals surface area contributed by atoms with Gasteiger partial charge in [-0.1, -0.05) is 24.3 Å². The summed E-state index contributed by atoms with van der Waals surface area (Å²) >= 11 is 1.59. The molecule has 0 radical (unpaired) electrons. The standard InChI is InChI=1S/C19H17NO3S/c21-17(9-8-14-5-3-12-24-14)20-11-4-10-19(13-20)16-7-2-1-6-15(16)18(22)23-19/h1-3,5-9,12H,4,10-11,13H2/b9-8+. The Hall–Kier alpha value is -2.40. The van der Waals surface area contributed by atoms with E-state index in [1.54, 1.807) is 28.4 Å². The van der Waals surface area contributed by atoms with Crippen molar-refractivity contribution in [1.82, 2.24) is 4.90 Å². The van der Waals surface area contributed by atoms with Crippen molar-refractivity contribution < 1.29 is 14.3 Å². The number of amides is 1. The van der Waals surface area contributed by atoms with Crippen molar-refractivity contribution in [3.8, 4) is 0 Å². The number of rotatable bonds is 2. The van der Waals surface area contributed by atoms with Crippen molar-refractivity contribution in [2.45, 2.75) is 18.4 Å². The van der Waals surface area contributed by atoms with Gasteiger partial charge in [-0.3, -0.25) is 4.79 Å². The summed E-state index contributed by atoms with van der Waals surface area (Å²) in [5.41, 5.74) is 0.855. The molecule has 1 aromatic carbocycles. The van der Waals surface area contributed by atoms with Crippen molar-refractivity contribution in [2.24, 2.45) is 0 Å². The van der Waals surface area contributed by atoms with Crippen LogP contribution in [0.4, 0.5) is 0 Å². The largest absolute Gasteiger partial charge is 0.449 e. The van der Waals surface area contributed by atoms with Gasteiger partial charge in [0.05, 0.1) is 12.1 Å². The quantitative estimate of drug-likeness (QED) is 0.622. The maximum absolute atomic E-state index is 12.5. The summed E-state index contributed by atoms with van der Waals surface area (Å²) in [4.78, 5) is 27.5. The Labute approximate surface area is 144 Å². The second-order valence-corrected chi connectivity index (χ2v) is 7.12. The molecule has 1 saturated heterocycles. The van der Waals surface area contributed by atoms with Crippen LogP contribution in [0.5, 0.6) is 0 Å². The van der Waals surface area contributed by atoms with E-state index >= 15 is 0 Å². The smallest absolute Gasteiger partial charge is 0.339 e. The normalized spacial score (nSPS) is 22.8. The van der Waals surface area contributed by atoms with Gasteiger partial charge in [-0.2, -0.15) is 0 Å². The zero-order valence-corrected chi connectivity index (χ0v) is 13.9. The minimum atomic E-state index is -0.682. The van der Waals surface area contributed by atoms with Gasteiger partial charge in [0.1, 0.15) is 0 Å². The van der Waals surface area contributed by atoms with Crippen molar-refractivity contribution in [2.75, 3.05) is 13.1 Å². The van der Waals surface area contributed by atoms with E-state index in [0.29, 0.717) is 18.7 Å². The Morgan fingerprint density at radius 1 is 1.25 bits per heavy atom. The Bertz CT molecular complexity index is 812. The molecule has 2 aromatic rings. The van der Waals surface area contributed by atoms with E-state index in [9.17, 15) is 9.59 Å².